The third-order valence-corrected chi connectivity index (χ3v) is 5.76. The number of hydrogen-bond donors (Lipinski definition) is 1. The molecule has 25 heavy (non-hydrogen) atoms. The zero-order chi connectivity index (χ0) is 18.8. The van der Waals surface area contributed by atoms with Gasteiger partial charge in [-0.1, -0.05) is 0 Å². The van der Waals surface area contributed by atoms with Crippen molar-refractivity contribution in [3.8, 4) is 0 Å². The molecule has 0 fully saturated rings. The molecule has 1 heterocycles. The summed E-state index contributed by atoms with van der Waals surface area (Å²) in [4.78, 5) is 23.6. The predicted octanol–water partition coefficient (Wildman–Crippen LogP) is 1.06. The monoisotopic (exact) mass is 364 g/mol. The van der Waals surface area contributed by atoms with Gasteiger partial charge in [-0.3, -0.25) is 9.59 Å². The largest absolute Gasteiger partial charge is 0.321 e. The van der Waals surface area contributed by atoms with Gasteiger partial charge in [0.05, 0.1) is 4.90 Å². The van der Waals surface area contributed by atoms with Crippen molar-refractivity contribution in [2.24, 2.45) is 7.05 Å². The van der Waals surface area contributed by atoms with E-state index in [1.54, 1.807) is 13.8 Å². The summed E-state index contributed by atoms with van der Waals surface area (Å²) < 4.78 is 27.1. The van der Waals surface area contributed by atoms with Gasteiger partial charge in [-0.25, -0.2) is 13.1 Å². The van der Waals surface area contributed by atoms with E-state index in [1.165, 1.54) is 54.8 Å². The maximum Gasteiger partial charge on any atom is 0.276 e. The SMILES string of the molecule is CC(C)N(C)S(=O)(=O)c1ccc(NC(=O)c2ccc(=O)n(C)n2)cc1. The highest BCUT2D eigenvalue weighted by Crippen LogP contribution is 2.19. The lowest BCUT2D eigenvalue weighted by molar-refractivity contribution is 0.102. The standard InChI is InChI=1S/C16H20N4O4S/c1-11(2)20(4)25(23,24)13-7-5-12(6-8-13)17-16(22)14-9-10-15(21)19(3)18-14/h5-11H,1-4H3,(H,17,22). The molecule has 1 aromatic carbocycles. The Bertz CT molecular complexity index is 933. The molecule has 1 aromatic heterocycles. The Morgan fingerprint density at radius 2 is 1.76 bits per heavy atom. The predicted molar refractivity (Wildman–Crippen MR) is 94.0 cm³/mol. The van der Waals surface area contributed by atoms with Crippen molar-refractivity contribution >= 4 is 21.6 Å². The molecule has 0 unspecified atom stereocenters. The van der Waals surface area contributed by atoms with E-state index in [0.717, 1.165) is 4.68 Å². The molecule has 0 aliphatic carbocycles. The van der Waals surface area contributed by atoms with Crippen LogP contribution in [0.4, 0.5) is 5.69 Å². The first-order chi connectivity index (χ1) is 11.6. The zero-order valence-corrected chi connectivity index (χ0v) is 15.2. The van der Waals surface area contributed by atoms with Gasteiger partial charge in [0.15, 0.2) is 0 Å². The number of aromatic nitrogens is 2. The van der Waals surface area contributed by atoms with Gasteiger partial charge in [0, 0.05) is 31.9 Å². The molecule has 0 saturated heterocycles. The number of amides is 1. The molecule has 0 bridgehead atoms. The van der Waals surface area contributed by atoms with Gasteiger partial charge in [-0.2, -0.15) is 9.40 Å². The van der Waals surface area contributed by atoms with Crippen LogP contribution < -0.4 is 10.9 Å². The molecule has 134 valence electrons. The molecule has 2 aromatic rings. The van der Waals surface area contributed by atoms with E-state index < -0.39 is 15.9 Å². The van der Waals surface area contributed by atoms with Crippen molar-refractivity contribution in [3.05, 3.63) is 52.4 Å². The van der Waals surface area contributed by atoms with E-state index in [-0.39, 0.29) is 22.2 Å². The molecule has 0 atom stereocenters. The van der Waals surface area contributed by atoms with Crippen LogP contribution in [-0.2, 0) is 17.1 Å². The number of nitrogens with zero attached hydrogens (tertiary/aromatic N) is 3. The number of nitrogens with one attached hydrogen (secondary N) is 1. The minimum absolute atomic E-state index is 0.0818. The maximum absolute atomic E-state index is 12.4. The lowest BCUT2D eigenvalue weighted by Crippen LogP contribution is -2.33. The van der Waals surface area contributed by atoms with E-state index in [4.69, 9.17) is 0 Å². The summed E-state index contributed by atoms with van der Waals surface area (Å²) in [5.41, 5.74) is 0.186. The average molecular weight is 364 g/mol. The number of rotatable bonds is 5. The fourth-order valence-electron chi connectivity index (χ4n) is 1.97. The summed E-state index contributed by atoms with van der Waals surface area (Å²) in [5.74, 6) is -0.495. The quantitative estimate of drug-likeness (QED) is 0.855. The number of anilines is 1. The van der Waals surface area contributed by atoms with Crippen LogP contribution in [0.2, 0.25) is 0 Å². The first-order valence-corrected chi connectivity index (χ1v) is 9.00. The Kier molecular flexibility index (Phi) is 5.39. The van der Waals surface area contributed by atoms with Crippen molar-refractivity contribution in [1.82, 2.24) is 14.1 Å². The van der Waals surface area contributed by atoms with Crippen LogP contribution in [0.25, 0.3) is 0 Å². The molecule has 1 amide bonds. The van der Waals surface area contributed by atoms with Crippen molar-refractivity contribution in [3.63, 3.8) is 0 Å². The van der Waals surface area contributed by atoms with Crippen LogP contribution >= 0.6 is 0 Å². The Labute approximate surface area is 146 Å². The van der Waals surface area contributed by atoms with Gasteiger partial charge in [0.1, 0.15) is 5.69 Å². The molecule has 9 heteroatoms. The number of carbonyl (C=O) groups excluding carboxylic acids is 1. The molecule has 0 spiro atoms. The molecular weight excluding hydrogens is 344 g/mol. The Balaban J connectivity index is 2.19. The van der Waals surface area contributed by atoms with Crippen LogP contribution in [0.5, 0.6) is 0 Å². The molecule has 0 aliphatic heterocycles. The topological polar surface area (TPSA) is 101 Å². The average Bonchev–Trinajstić information content (AvgIpc) is 2.56. The van der Waals surface area contributed by atoms with Crippen molar-refractivity contribution in [2.75, 3.05) is 12.4 Å². The van der Waals surface area contributed by atoms with Gasteiger partial charge >= 0.3 is 0 Å². The van der Waals surface area contributed by atoms with Crippen molar-refractivity contribution in [2.45, 2.75) is 24.8 Å². The van der Waals surface area contributed by atoms with E-state index in [9.17, 15) is 18.0 Å². The van der Waals surface area contributed by atoms with Gasteiger partial charge < -0.3 is 5.32 Å². The highest BCUT2D eigenvalue weighted by Gasteiger charge is 2.22. The summed E-state index contributed by atoms with van der Waals surface area (Å²) >= 11 is 0. The lowest BCUT2D eigenvalue weighted by Gasteiger charge is -2.21. The summed E-state index contributed by atoms with van der Waals surface area (Å²) in [5, 5.41) is 6.47. The molecule has 1 N–H and O–H groups in total. The molecule has 2 rings (SSSR count). The normalized spacial score (nSPS) is 11.8. The number of aryl methyl sites for hydroxylation is 1. The van der Waals surface area contributed by atoms with E-state index in [1.807, 2.05) is 0 Å². The van der Waals surface area contributed by atoms with E-state index >= 15 is 0 Å². The summed E-state index contributed by atoms with van der Waals surface area (Å²) in [6.07, 6.45) is 0. The Morgan fingerprint density at radius 1 is 1.16 bits per heavy atom. The third kappa shape index (κ3) is 4.12. The first-order valence-electron chi connectivity index (χ1n) is 7.56. The molecule has 0 aliphatic rings. The molecule has 8 nitrogen and oxygen atoms in total. The highest BCUT2D eigenvalue weighted by molar-refractivity contribution is 7.89. The van der Waals surface area contributed by atoms with Crippen LogP contribution in [0.15, 0.2) is 46.1 Å². The number of hydrogen-bond acceptors (Lipinski definition) is 5. The maximum atomic E-state index is 12.4. The third-order valence-electron chi connectivity index (χ3n) is 3.71. The van der Waals surface area contributed by atoms with Crippen LogP contribution in [-0.4, -0.2) is 41.5 Å². The van der Waals surface area contributed by atoms with Gasteiger partial charge in [0.2, 0.25) is 10.0 Å². The molecule has 0 saturated carbocycles. The van der Waals surface area contributed by atoms with Gasteiger partial charge in [-0.05, 0) is 44.2 Å². The van der Waals surface area contributed by atoms with Crippen LogP contribution in [0.1, 0.15) is 24.3 Å². The second-order valence-electron chi connectivity index (χ2n) is 5.77. The van der Waals surface area contributed by atoms with E-state index in [2.05, 4.69) is 10.4 Å². The summed E-state index contributed by atoms with van der Waals surface area (Å²) in [6.45, 7) is 3.57. The van der Waals surface area contributed by atoms with E-state index in [0.29, 0.717) is 5.69 Å². The Morgan fingerprint density at radius 3 is 2.28 bits per heavy atom. The van der Waals surface area contributed by atoms with Crippen LogP contribution in [0, 0.1) is 0 Å². The summed E-state index contributed by atoms with van der Waals surface area (Å²) in [7, 11) is -0.612. The highest BCUT2D eigenvalue weighted by atomic mass is 32.2. The Hall–Kier alpha value is -2.52. The second-order valence-corrected chi connectivity index (χ2v) is 7.77. The van der Waals surface area contributed by atoms with Crippen LogP contribution in [0.3, 0.4) is 0 Å². The van der Waals surface area contributed by atoms with Gasteiger partial charge in [-0.15, -0.1) is 0 Å². The first kappa shape index (κ1) is 18.8. The fourth-order valence-corrected chi connectivity index (χ4v) is 3.34. The minimum Gasteiger partial charge on any atom is -0.321 e. The lowest BCUT2D eigenvalue weighted by atomic mass is 10.3. The smallest absolute Gasteiger partial charge is 0.276 e. The van der Waals surface area contributed by atoms with Crippen molar-refractivity contribution < 1.29 is 13.2 Å². The zero-order valence-electron chi connectivity index (χ0n) is 14.4. The molecular formula is C16H20N4O4S. The van der Waals surface area contributed by atoms with Gasteiger partial charge in [0.25, 0.3) is 11.5 Å². The minimum atomic E-state index is -3.58. The number of benzene rings is 1. The van der Waals surface area contributed by atoms with Crippen molar-refractivity contribution in [1.29, 1.82) is 0 Å². The summed E-state index contributed by atoms with van der Waals surface area (Å²) in [6, 6.07) is 8.27. The number of carbonyl (C=O) groups is 1. The molecule has 0 radical (unpaired) electrons. The second kappa shape index (κ2) is 7.16. The fraction of sp³-hybridized carbons (Fsp3) is 0.312. The number of sulfonamides is 1.